The van der Waals surface area contributed by atoms with E-state index in [1.165, 1.54) is 4.90 Å². The normalized spacial score (nSPS) is 14.0. The number of nitrogens with zero attached hydrogens (tertiary/aromatic N) is 2. The molecule has 0 saturated heterocycles. The summed E-state index contributed by atoms with van der Waals surface area (Å²) in [6.45, 7) is -0.364. The molecular weight excluding hydrogens is 422 g/mol. The number of carbonyl (C=O) groups is 2. The van der Waals surface area contributed by atoms with Gasteiger partial charge in [-0.3, -0.25) is 13.9 Å². The fourth-order valence-corrected chi connectivity index (χ4v) is 5.71. The Kier molecular flexibility index (Phi) is 5.17. The Morgan fingerprint density at radius 2 is 1.70 bits per heavy atom. The highest BCUT2D eigenvalue weighted by atomic mass is 32.2. The maximum absolute atomic E-state index is 13.0. The van der Waals surface area contributed by atoms with E-state index in [1.807, 2.05) is 12.1 Å². The van der Waals surface area contributed by atoms with E-state index in [0.29, 0.717) is 21.7 Å². The van der Waals surface area contributed by atoms with Crippen LogP contribution in [0.2, 0.25) is 0 Å². The van der Waals surface area contributed by atoms with Crippen LogP contribution in [-0.2, 0) is 14.8 Å². The zero-order chi connectivity index (χ0) is 21.5. The molecule has 0 unspecified atom stereocenters. The third kappa shape index (κ3) is 3.50. The van der Waals surface area contributed by atoms with Crippen LogP contribution in [0.5, 0.6) is 0 Å². The molecule has 30 heavy (non-hydrogen) atoms. The molecule has 0 aliphatic carbocycles. The Balaban J connectivity index is 1.59. The number of anilines is 2. The van der Waals surface area contributed by atoms with Gasteiger partial charge in [-0.15, -0.1) is 0 Å². The predicted octanol–water partition coefficient (Wildman–Crippen LogP) is 3.76. The van der Waals surface area contributed by atoms with Gasteiger partial charge in [0.15, 0.2) is 0 Å². The molecule has 0 saturated carbocycles. The fraction of sp³-hybridized carbons (Fsp3) is 0.143. The Morgan fingerprint density at radius 3 is 2.43 bits per heavy atom. The first-order chi connectivity index (χ1) is 14.3. The molecule has 0 aromatic heterocycles. The minimum atomic E-state index is -3.82. The van der Waals surface area contributed by atoms with Crippen LogP contribution >= 0.6 is 11.8 Å². The summed E-state index contributed by atoms with van der Waals surface area (Å²) in [7, 11) is -0.528. The molecule has 0 fully saturated rings. The first kappa shape index (κ1) is 20.2. The molecular formula is C21H19N3O4S2. The molecule has 0 spiro atoms. The average molecular weight is 442 g/mol. The first-order valence-corrected chi connectivity index (χ1v) is 11.4. The molecule has 1 aliphatic heterocycles. The summed E-state index contributed by atoms with van der Waals surface area (Å²) in [4.78, 5) is 27.0. The van der Waals surface area contributed by atoms with Crippen molar-refractivity contribution in [3.8, 4) is 0 Å². The summed E-state index contributed by atoms with van der Waals surface area (Å²) in [5, 5.41) is 3.99. The van der Waals surface area contributed by atoms with E-state index >= 15 is 0 Å². The number of rotatable bonds is 4. The van der Waals surface area contributed by atoms with E-state index in [-0.39, 0.29) is 16.7 Å². The highest BCUT2D eigenvalue weighted by Crippen LogP contribution is 2.41. The second kappa shape index (κ2) is 7.66. The van der Waals surface area contributed by atoms with E-state index in [2.05, 4.69) is 5.32 Å². The van der Waals surface area contributed by atoms with E-state index in [0.717, 1.165) is 21.5 Å². The third-order valence-electron chi connectivity index (χ3n) is 4.69. The quantitative estimate of drug-likeness (QED) is 0.623. The van der Waals surface area contributed by atoms with Gasteiger partial charge in [0, 0.05) is 24.4 Å². The van der Waals surface area contributed by atoms with Crippen LogP contribution in [0.3, 0.4) is 0 Å². The molecule has 1 heterocycles. The molecule has 4 rings (SSSR count). The van der Waals surface area contributed by atoms with Gasteiger partial charge < -0.3 is 10.2 Å². The van der Waals surface area contributed by atoms with Crippen molar-refractivity contribution in [2.45, 2.75) is 9.79 Å². The van der Waals surface area contributed by atoms with E-state index < -0.39 is 15.9 Å². The van der Waals surface area contributed by atoms with E-state index in [4.69, 9.17) is 0 Å². The van der Waals surface area contributed by atoms with Gasteiger partial charge in [0.2, 0.25) is 5.91 Å². The minimum absolute atomic E-state index is 0.180. The second-order valence-corrected chi connectivity index (χ2v) is 9.77. The van der Waals surface area contributed by atoms with Crippen molar-refractivity contribution in [1.29, 1.82) is 0 Å². The third-order valence-corrected chi connectivity index (χ3v) is 7.61. The summed E-state index contributed by atoms with van der Waals surface area (Å²) in [6.07, 6.45) is 0. The first-order valence-electron chi connectivity index (χ1n) is 9.11. The lowest BCUT2D eigenvalue weighted by atomic mass is 10.1. The molecule has 1 N–H and O–H groups in total. The summed E-state index contributed by atoms with van der Waals surface area (Å²) in [6, 6.07) is 17.3. The number of carbonyl (C=O) groups excluding carboxylic acids is 2. The number of benzene rings is 3. The number of para-hydroxylation sites is 1. The number of thioether (sulfide) groups is 1. The molecule has 2 amide bonds. The molecule has 0 radical (unpaired) electrons. The fourth-order valence-electron chi connectivity index (χ4n) is 3.29. The Hall–Kier alpha value is -3.04. The maximum Gasteiger partial charge on any atom is 0.286 e. The van der Waals surface area contributed by atoms with Crippen LogP contribution in [0.1, 0.15) is 0 Å². The number of hydrogen-bond donors (Lipinski definition) is 1. The molecule has 3 aromatic rings. The molecule has 7 nitrogen and oxygen atoms in total. The molecule has 3 aromatic carbocycles. The molecule has 154 valence electrons. The molecule has 0 bridgehead atoms. The van der Waals surface area contributed by atoms with Crippen molar-refractivity contribution in [2.24, 2.45) is 0 Å². The van der Waals surface area contributed by atoms with Crippen molar-refractivity contribution in [3.63, 3.8) is 0 Å². The lowest BCUT2D eigenvalue weighted by molar-refractivity contribution is -0.114. The van der Waals surface area contributed by atoms with Crippen LogP contribution in [0, 0.1) is 0 Å². The van der Waals surface area contributed by atoms with Crippen molar-refractivity contribution >= 4 is 55.1 Å². The SMILES string of the molecule is CN(C)C(=O)Sc1ccccc1NC(=O)CN1c2cccc3cccc(c23)S1(=O)=O. The van der Waals surface area contributed by atoms with Gasteiger partial charge in [-0.1, -0.05) is 36.4 Å². The van der Waals surface area contributed by atoms with Crippen LogP contribution in [-0.4, -0.2) is 45.1 Å². The topological polar surface area (TPSA) is 86.8 Å². The zero-order valence-electron chi connectivity index (χ0n) is 16.3. The summed E-state index contributed by atoms with van der Waals surface area (Å²) >= 11 is 0.989. The maximum atomic E-state index is 13.0. The number of amides is 2. The molecule has 0 atom stereocenters. The van der Waals surface area contributed by atoms with Gasteiger partial charge in [0.1, 0.15) is 6.54 Å². The summed E-state index contributed by atoms with van der Waals surface area (Å²) in [5.74, 6) is -0.492. The Labute approximate surface area is 178 Å². The van der Waals surface area contributed by atoms with Crippen molar-refractivity contribution in [1.82, 2.24) is 4.90 Å². The van der Waals surface area contributed by atoms with Gasteiger partial charge in [-0.05, 0) is 41.4 Å². The minimum Gasteiger partial charge on any atom is -0.339 e. The van der Waals surface area contributed by atoms with Crippen molar-refractivity contribution in [2.75, 3.05) is 30.3 Å². The second-order valence-electron chi connectivity index (χ2n) is 6.95. The standard InChI is InChI=1S/C21H19N3O4S2/c1-23(2)21(26)29-17-11-4-3-9-15(17)22-19(25)13-24-16-10-5-7-14-8-6-12-18(20(14)16)30(24,27)28/h3-12H,13H2,1-2H3,(H,22,25). The van der Waals surface area contributed by atoms with Gasteiger partial charge in [0.25, 0.3) is 15.3 Å². The van der Waals surface area contributed by atoms with Crippen molar-refractivity contribution in [3.05, 3.63) is 60.7 Å². The average Bonchev–Trinajstić information content (AvgIpc) is 2.93. The van der Waals surface area contributed by atoms with Crippen molar-refractivity contribution < 1.29 is 18.0 Å². The predicted molar refractivity (Wildman–Crippen MR) is 118 cm³/mol. The highest BCUT2D eigenvalue weighted by Gasteiger charge is 2.36. The van der Waals surface area contributed by atoms with E-state index in [9.17, 15) is 18.0 Å². The Bertz CT molecular complexity index is 1270. The number of nitrogens with one attached hydrogen (secondary N) is 1. The molecule has 9 heteroatoms. The monoisotopic (exact) mass is 441 g/mol. The van der Waals surface area contributed by atoms with Crippen LogP contribution in [0.15, 0.2) is 70.5 Å². The van der Waals surface area contributed by atoms with Crippen LogP contribution in [0.25, 0.3) is 10.8 Å². The van der Waals surface area contributed by atoms with Crippen LogP contribution < -0.4 is 9.62 Å². The van der Waals surface area contributed by atoms with Gasteiger partial charge >= 0.3 is 0 Å². The molecule has 1 aliphatic rings. The van der Waals surface area contributed by atoms with Gasteiger partial charge in [-0.2, -0.15) is 0 Å². The lowest BCUT2D eigenvalue weighted by Gasteiger charge is -2.19. The number of sulfonamides is 1. The lowest BCUT2D eigenvalue weighted by Crippen LogP contribution is -2.35. The summed E-state index contributed by atoms with van der Waals surface area (Å²) < 4.78 is 27.2. The zero-order valence-corrected chi connectivity index (χ0v) is 18.0. The number of hydrogen-bond acceptors (Lipinski definition) is 5. The Morgan fingerprint density at radius 1 is 1.00 bits per heavy atom. The smallest absolute Gasteiger partial charge is 0.286 e. The van der Waals surface area contributed by atoms with E-state index in [1.54, 1.807) is 62.6 Å². The highest BCUT2D eigenvalue weighted by molar-refractivity contribution is 8.13. The van der Waals surface area contributed by atoms with Crippen LogP contribution in [0.4, 0.5) is 16.2 Å². The largest absolute Gasteiger partial charge is 0.339 e. The van der Waals surface area contributed by atoms with Gasteiger partial charge in [0.05, 0.1) is 16.3 Å². The summed E-state index contributed by atoms with van der Waals surface area (Å²) in [5.41, 5.74) is 0.943. The van der Waals surface area contributed by atoms with Gasteiger partial charge in [-0.25, -0.2) is 8.42 Å².